The van der Waals surface area contributed by atoms with Crippen LogP contribution in [0.15, 0.2) is 34.8 Å². The van der Waals surface area contributed by atoms with Crippen LogP contribution >= 0.6 is 15.9 Å². The van der Waals surface area contributed by atoms with Gasteiger partial charge in [-0.25, -0.2) is 0 Å². The van der Waals surface area contributed by atoms with Gasteiger partial charge in [-0.2, -0.15) is 5.26 Å². The third-order valence-electron chi connectivity index (χ3n) is 2.02. The molecule has 3 heteroatoms. The van der Waals surface area contributed by atoms with Crippen LogP contribution in [0.25, 0.3) is 10.8 Å². The molecule has 0 radical (unpaired) electrons. The summed E-state index contributed by atoms with van der Waals surface area (Å²) in [5, 5.41) is 19.9. The Labute approximate surface area is 89.5 Å². The predicted octanol–water partition coefficient (Wildman–Crippen LogP) is 3.18. The van der Waals surface area contributed by atoms with Crippen LogP contribution in [-0.4, -0.2) is 5.11 Å². The fourth-order valence-electron chi connectivity index (χ4n) is 1.40. The van der Waals surface area contributed by atoms with Crippen molar-refractivity contribution in [3.8, 4) is 11.8 Å². The average Bonchev–Trinajstić information content (AvgIpc) is 2.17. The van der Waals surface area contributed by atoms with Gasteiger partial charge in [0.2, 0.25) is 0 Å². The topological polar surface area (TPSA) is 44.0 Å². The van der Waals surface area contributed by atoms with Gasteiger partial charge >= 0.3 is 0 Å². The number of hydrogen-bond donors (Lipinski definition) is 1. The highest BCUT2D eigenvalue weighted by Gasteiger charge is 2.03. The smallest absolute Gasteiger partial charge is 0.116 e. The summed E-state index contributed by atoms with van der Waals surface area (Å²) in [5.41, 5.74) is 0.560. The van der Waals surface area contributed by atoms with E-state index in [9.17, 15) is 5.11 Å². The molecule has 68 valence electrons. The highest BCUT2D eigenvalue weighted by Crippen LogP contribution is 2.26. The fourth-order valence-corrected chi connectivity index (χ4v) is 1.88. The maximum absolute atomic E-state index is 9.30. The molecule has 0 amide bonds. The van der Waals surface area contributed by atoms with Gasteiger partial charge in [-0.15, -0.1) is 0 Å². The van der Waals surface area contributed by atoms with Crippen molar-refractivity contribution in [2.24, 2.45) is 0 Å². The number of nitriles is 1. The van der Waals surface area contributed by atoms with Crippen LogP contribution in [0, 0.1) is 11.3 Å². The normalized spacial score (nSPS) is 10.0. The van der Waals surface area contributed by atoms with Gasteiger partial charge in [0.05, 0.1) is 11.6 Å². The first-order chi connectivity index (χ1) is 6.70. The van der Waals surface area contributed by atoms with E-state index in [0.717, 1.165) is 15.2 Å². The number of phenols is 1. The number of fused-ring (bicyclic) bond motifs is 1. The monoisotopic (exact) mass is 247 g/mol. The van der Waals surface area contributed by atoms with Crippen LogP contribution in [0.4, 0.5) is 0 Å². The molecule has 0 atom stereocenters. The van der Waals surface area contributed by atoms with Crippen molar-refractivity contribution < 1.29 is 5.11 Å². The molecular weight excluding hydrogens is 242 g/mol. The third kappa shape index (κ3) is 1.45. The molecule has 0 aliphatic carbocycles. The van der Waals surface area contributed by atoms with Crippen LogP contribution < -0.4 is 0 Å². The maximum atomic E-state index is 9.30. The summed E-state index contributed by atoms with van der Waals surface area (Å²) in [6.45, 7) is 0. The molecule has 0 fully saturated rings. The Kier molecular flexibility index (Phi) is 2.14. The Morgan fingerprint density at radius 1 is 1.21 bits per heavy atom. The first-order valence-corrected chi connectivity index (χ1v) is 4.82. The lowest BCUT2D eigenvalue weighted by atomic mass is 10.1. The minimum atomic E-state index is 0.177. The Balaban J connectivity index is 2.90. The molecule has 14 heavy (non-hydrogen) atoms. The minimum absolute atomic E-state index is 0.177. The summed E-state index contributed by atoms with van der Waals surface area (Å²) in [4.78, 5) is 0. The van der Waals surface area contributed by atoms with Gasteiger partial charge in [0.25, 0.3) is 0 Å². The maximum Gasteiger partial charge on any atom is 0.116 e. The van der Waals surface area contributed by atoms with Crippen molar-refractivity contribution in [1.82, 2.24) is 0 Å². The molecule has 1 N–H and O–H groups in total. The summed E-state index contributed by atoms with van der Waals surface area (Å²) in [7, 11) is 0. The molecule has 0 aliphatic rings. The van der Waals surface area contributed by atoms with Crippen LogP contribution in [0.2, 0.25) is 0 Å². The van der Waals surface area contributed by atoms with Crippen molar-refractivity contribution >= 4 is 26.7 Å². The van der Waals surface area contributed by atoms with Crippen molar-refractivity contribution in [2.75, 3.05) is 0 Å². The fraction of sp³-hybridized carbons (Fsp3) is 0. The lowest BCUT2D eigenvalue weighted by molar-refractivity contribution is 0.476. The zero-order valence-corrected chi connectivity index (χ0v) is 8.75. The number of phenolic OH excluding ortho intramolecular Hbond substituents is 1. The van der Waals surface area contributed by atoms with Gasteiger partial charge in [-0.3, -0.25) is 0 Å². The van der Waals surface area contributed by atoms with Gasteiger partial charge in [0.15, 0.2) is 0 Å². The van der Waals surface area contributed by atoms with E-state index in [1.807, 2.05) is 6.07 Å². The molecule has 0 spiro atoms. The first kappa shape index (κ1) is 9.04. The second-order valence-electron chi connectivity index (χ2n) is 2.97. The lowest BCUT2D eigenvalue weighted by Gasteiger charge is -2.01. The van der Waals surface area contributed by atoms with E-state index in [1.54, 1.807) is 24.3 Å². The SMILES string of the molecule is N#Cc1cc(Br)cc2ccc(O)cc12. The van der Waals surface area contributed by atoms with E-state index < -0.39 is 0 Å². The van der Waals surface area contributed by atoms with Crippen LogP contribution in [0.5, 0.6) is 5.75 Å². The largest absolute Gasteiger partial charge is 0.508 e. The molecule has 2 nitrogen and oxygen atoms in total. The van der Waals surface area contributed by atoms with E-state index >= 15 is 0 Å². The second kappa shape index (κ2) is 3.32. The second-order valence-corrected chi connectivity index (χ2v) is 3.89. The zero-order valence-electron chi connectivity index (χ0n) is 7.16. The standard InChI is InChI=1S/C11H6BrNO/c12-9-3-7-1-2-10(14)5-11(7)8(4-9)6-13/h1-5,14H. The van der Waals surface area contributed by atoms with Crippen LogP contribution in [0.1, 0.15) is 5.56 Å². The summed E-state index contributed by atoms with van der Waals surface area (Å²) < 4.78 is 0.868. The molecule has 0 bridgehead atoms. The van der Waals surface area contributed by atoms with E-state index in [-0.39, 0.29) is 5.75 Å². The number of rotatable bonds is 0. The van der Waals surface area contributed by atoms with Crippen molar-refractivity contribution in [3.63, 3.8) is 0 Å². The van der Waals surface area contributed by atoms with Crippen LogP contribution in [-0.2, 0) is 0 Å². The molecule has 0 saturated carbocycles. The summed E-state index contributed by atoms with van der Waals surface area (Å²) in [6, 6.07) is 10.7. The summed E-state index contributed by atoms with van der Waals surface area (Å²) in [6.07, 6.45) is 0. The van der Waals surface area contributed by atoms with Crippen molar-refractivity contribution in [1.29, 1.82) is 5.26 Å². The predicted molar refractivity (Wildman–Crippen MR) is 58.0 cm³/mol. The zero-order chi connectivity index (χ0) is 10.1. The Morgan fingerprint density at radius 2 is 2.00 bits per heavy atom. The van der Waals surface area contributed by atoms with Gasteiger partial charge < -0.3 is 5.11 Å². The molecular formula is C11H6BrNO. The molecule has 2 aromatic carbocycles. The summed E-state index contributed by atoms with van der Waals surface area (Å²) >= 11 is 3.33. The number of benzene rings is 2. The molecule has 2 rings (SSSR count). The Bertz CT molecular complexity index is 543. The average molecular weight is 248 g/mol. The van der Waals surface area contributed by atoms with Gasteiger partial charge in [0, 0.05) is 9.86 Å². The molecule has 0 aliphatic heterocycles. The van der Waals surface area contributed by atoms with Crippen LogP contribution in [0.3, 0.4) is 0 Å². The minimum Gasteiger partial charge on any atom is -0.508 e. The quantitative estimate of drug-likeness (QED) is 0.778. The molecule has 0 aromatic heterocycles. The van der Waals surface area contributed by atoms with Crippen molar-refractivity contribution in [2.45, 2.75) is 0 Å². The Morgan fingerprint density at radius 3 is 2.71 bits per heavy atom. The van der Waals surface area contributed by atoms with Gasteiger partial charge in [-0.1, -0.05) is 22.0 Å². The molecule has 2 aromatic rings. The molecule has 0 unspecified atom stereocenters. The number of hydrogen-bond acceptors (Lipinski definition) is 2. The molecule has 0 saturated heterocycles. The van der Waals surface area contributed by atoms with Crippen molar-refractivity contribution in [3.05, 3.63) is 40.4 Å². The Hall–Kier alpha value is -1.53. The highest BCUT2D eigenvalue weighted by molar-refractivity contribution is 9.10. The number of halogens is 1. The highest BCUT2D eigenvalue weighted by atomic mass is 79.9. The number of nitrogens with zero attached hydrogens (tertiary/aromatic N) is 1. The lowest BCUT2D eigenvalue weighted by Crippen LogP contribution is -1.80. The van der Waals surface area contributed by atoms with Gasteiger partial charge in [-0.05, 0) is 29.7 Å². The first-order valence-electron chi connectivity index (χ1n) is 4.03. The third-order valence-corrected chi connectivity index (χ3v) is 2.48. The van der Waals surface area contributed by atoms with E-state index in [2.05, 4.69) is 22.0 Å². The molecule has 0 heterocycles. The van der Waals surface area contributed by atoms with E-state index in [1.165, 1.54) is 0 Å². The van der Waals surface area contributed by atoms with E-state index in [0.29, 0.717) is 5.56 Å². The van der Waals surface area contributed by atoms with Gasteiger partial charge in [0.1, 0.15) is 5.75 Å². The van der Waals surface area contributed by atoms with E-state index in [4.69, 9.17) is 5.26 Å². The number of aromatic hydroxyl groups is 1. The summed E-state index contributed by atoms with van der Waals surface area (Å²) in [5.74, 6) is 0.177.